The maximum Gasteiger partial charge on any atom is 0.306 e. The van der Waals surface area contributed by atoms with E-state index < -0.39 is 6.10 Å². The second-order valence-electron chi connectivity index (χ2n) is 20.2. The Morgan fingerprint density at radius 3 is 0.859 bits per heavy atom. The highest BCUT2D eigenvalue weighted by Gasteiger charge is 2.19. The molecular weight excluding hydrogens is 877 g/mol. The number of hydrogen-bond donors (Lipinski definition) is 0. The summed E-state index contributed by atoms with van der Waals surface area (Å²) in [5.74, 6) is -0.966. The Morgan fingerprint density at radius 2 is 0.549 bits per heavy atom. The lowest BCUT2D eigenvalue weighted by molar-refractivity contribution is -0.166. The highest BCUT2D eigenvalue weighted by Crippen LogP contribution is 2.17. The van der Waals surface area contributed by atoms with Crippen LogP contribution < -0.4 is 0 Å². The van der Waals surface area contributed by atoms with Crippen LogP contribution in [-0.4, -0.2) is 37.2 Å². The van der Waals surface area contributed by atoms with Crippen LogP contribution in [0.25, 0.3) is 0 Å². The van der Waals surface area contributed by atoms with Crippen LogP contribution in [0.2, 0.25) is 0 Å². The van der Waals surface area contributed by atoms with E-state index >= 15 is 0 Å². The van der Waals surface area contributed by atoms with E-state index in [0.717, 1.165) is 77.0 Å². The van der Waals surface area contributed by atoms with Crippen molar-refractivity contribution in [2.45, 2.75) is 309 Å². The molecule has 6 heteroatoms. The summed E-state index contributed by atoms with van der Waals surface area (Å²) in [5.41, 5.74) is 0. The molecule has 0 unspecified atom stereocenters. The summed E-state index contributed by atoms with van der Waals surface area (Å²) >= 11 is 0. The molecule has 0 amide bonds. The van der Waals surface area contributed by atoms with Crippen molar-refractivity contribution in [3.63, 3.8) is 0 Å². The molecule has 0 aromatic rings. The first kappa shape index (κ1) is 67.8. The SMILES string of the molecule is CC/C=C/C/C=C/C/C=C/C/C=C/C/C=C/C/C=C/CCC(=O)OC[C@@H](COC(=O)CCCCCCCCCCCCCCCCCCC)OC(=O)CCCCCCCCCCCCCCCCCCC. The van der Waals surface area contributed by atoms with Gasteiger partial charge in [-0.3, -0.25) is 14.4 Å². The van der Waals surface area contributed by atoms with Crippen molar-refractivity contribution in [2.24, 2.45) is 0 Å². The van der Waals surface area contributed by atoms with Crippen LogP contribution in [0.5, 0.6) is 0 Å². The highest BCUT2D eigenvalue weighted by atomic mass is 16.6. The maximum absolute atomic E-state index is 12.9. The van der Waals surface area contributed by atoms with Crippen molar-refractivity contribution in [1.29, 1.82) is 0 Å². The number of esters is 3. The van der Waals surface area contributed by atoms with Crippen LogP contribution in [-0.2, 0) is 28.6 Å². The zero-order valence-electron chi connectivity index (χ0n) is 47.0. The molecule has 410 valence electrons. The van der Waals surface area contributed by atoms with Crippen LogP contribution in [0.3, 0.4) is 0 Å². The lowest BCUT2D eigenvalue weighted by Crippen LogP contribution is -2.30. The van der Waals surface area contributed by atoms with Crippen molar-refractivity contribution in [3.8, 4) is 0 Å². The Bertz CT molecular complexity index is 1320. The molecule has 0 bridgehead atoms. The minimum Gasteiger partial charge on any atom is -0.462 e. The summed E-state index contributed by atoms with van der Waals surface area (Å²) in [7, 11) is 0. The second-order valence-corrected chi connectivity index (χ2v) is 20.2. The highest BCUT2D eigenvalue weighted by molar-refractivity contribution is 5.71. The number of allylic oxidation sites excluding steroid dienone is 12. The quantitative estimate of drug-likeness (QED) is 0.0261. The first-order chi connectivity index (χ1) is 35.0. The number of carbonyl (C=O) groups excluding carboxylic acids is 3. The molecule has 0 N–H and O–H groups in total. The number of carbonyl (C=O) groups is 3. The normalized spacial score (nSPS) is 12.5. The van der Waals surface area contributed by atoms with E-state index in [0.29, 0.717) is 19.3 Å². The van der Waals surface area contributed by atoms with E-state index in [9.17, 15) is 14.4 Å². The van der Waals surface area contributed by atoms with E-state index in [1.165, 1.54) is 180 Å². The minimum atomic E-state index is -0.803. The Balaban J connectivity index is 4.45. The average molecular weight is 992 g/mol. The van der Waals surface area contributed by atoms with E-state index in [4.69, 9.17) is 14.2 Å². The Kier molecular flexibility index (Phi) is 56.8. The molecule has 71 heavy (non-hydrogen) atoms. The van der Waals surface area contributed by atoms with Crippen LogP contribution >= 0.6 is 0 Å². The molecule has 0 spiro atoms. The monoisotopic (exact) mass is 991 g/mol. The van der Waals surface area contributed by atoms with Crippen LogP contribution in [0.15, 0.2) is 72.9 Å². The van der Waals surface area contributed by atoms with Crippen molar-refractivity contribution in [1.82, 2.24) is 0 Å². The molecule has 0 saturated carbocycles. The fraction of sp³-hybridized carbons (Fsp3) is 0.769. The van der Waals surface area contributed by atoms with E-state index in [-0.39, 0.29) is 37.5 Å². The third kappa shape index (κ3) is 57.6. The van der Waals surface area contributed by atoms with Gasteiger partial charge in [0.25, 0.3) is 0 Å². The Labute approximate surface area is 440 Å². The number of rotatable bonds is 55. The molecule has 0 rings (SSSR count). The summed E-state index contributed by atoms with van der Waals surface area (Å²) in [6, 6.07) is 0. The molecule has 1 atom stereocenters. The van der Waals surface area contributed by atoms with Gasteiger partial charge >= 0.3 is 17.9 Å². The molecule has 0 aromatic heterocycles. The van der Waals surface area contributed by atoms with Gasteiger partial charge in [-0.1, -0.05) is 299 Å². The third-order valence-corrected chi connectivity index (χ3v) is 13.2. The molecule has 6 nitrogen and oxygen atoms in total. The minimum absolute atomic E-state index is 0.0942. The molecule has 0 aliphatic carbocycles. The largest absolute Gasteiger partial charge is 0.462 e. The molecule has 0 aromatic carbocycles. The van der Waals surface area contributed by atoms with E-state index in [1.807, 2.05) is 6.08 Å². The fourth-order valence-corrected chi connectivity index (χ4v) is 8.71. The molecule has 0 aliphatic rings. The van der Waals surface area contributed by atoms with Gasteiger partial charge in [0.1, 0.15) is 13.2 Å². The zero-order chi connectivity index (χ0) is 51.4. The second kappa shape index (κ2) is 59.4. The summed E-state index contributed by atoms with van der Waals surface area (Å²) in [4.78, 5) is 38.2. The molecule has 0 aliphatic heterocycles. The van der Waals surface area contributed by atoms with Crippen molar-refractivity contribution < 1.29 is 28.6 Å². The molecule has 0 fully saturated rings. The Hall–Kier alpha value is -3.15. The summed E-state index contributed by atoms with van der Waals surface area (Å²) in [5, 5.41) is 0. The van der Waals surface area contributed by atoms with Gasteiger partial charge in [-0.2, -0.15) is 0 Å². The van der Waals surface area contributed by atoms with Gasteiger partial charge in [-0.25, -0.2) is 0 Å². The van der Waals surface area contributed by atoms with Crippen LogP contribution in [0.4, 0.5) is 0 Å². The van der Waals surface area contributed by atoms with Crippen molar-refractivity contribution >= 4 is 17.9 Å². The van der Waals surface area contributed by atoms with Crippen molar-refractivity contribution in [3.05, 3.63) is 72.9 Å². The van der Waals surface area contributed by atoms with E-state index in [1.54, 1.807) is 0 Å². The molecular formula is C65H114O6. The Morgan fingerprint density at radius 1 is 0.296 bits per heavy atom. The lowest BCUT2D eigenvalue weighted by Gasteiger charge is -2.18. The predicted octanol–water partition coefficient (Wildman–Crippen LogP) is 20.5. The topological polar surface area (TPSA) is 78.9 Å². The van der Waals surface area contributed by atoms with Gasteiger partial charge in [0, 0.05) is 19.3 Å². The zero-order valence-corrected chi connectivity index (χ0v) is 47.0. The first-order valence-electron chi connectivity index (χ1n) is 30.4. The van der Waals surface area contributed by atoms with Gasteiger partial charge in [-0.15, -0.1) is 0 Å². The number of unbranched alkanes of at least 4 members (excludes halogenated alkanes) is 32. The standard InChI is InChI=1S/C65H114O6/c1-4-7-10-13-16-19-22-25-28-31-32-35-37-40-43-46-49-52-55-58-64(67)70-61-62(71-65(68)59-56-53-50-47-44-41-38-34-30-27-24-21-18-15-12-9-6-3)60-69-63(66)57-54-51-48-45-42-39-36-33-29-26-23-20-17-14-11-8-5-2/h7,10,16,19,25,28,32,35,40,43,49,52,62H,4-6,8-9,11-15,17-18,20-24,26-27,29-31,33-34,36-39,41-42,44-48,50-51,53-61H2,1-3H3/b10-7+,19-16+,28-25+,35-32+,43-40+,52-49+/t62-/m1/s1. The fourth-order valence-electron chi connectivity index (χ4n) is 8.71. The summed E-state index contributed by atoms with van der Waals surface area (Å²) in [6.45, 7) is 6.51. The van der Waals surface area contributed by atoms with Gasteiger partial charge < -0.3 is 14.2 Å². The number of hydrogen-bond acceptors (Lipinski definition) is 6. The first-order valence-corrected chi connectivity index (χ1v) is 30.4. The maximum atomic E-state index is 12.9. The van der Waals surface area contributed by atoms with Gasteiger partial charge in [0.2, 0.25) is 0 Å². The van der Waals surface area contributed by atoms with Crippen molar-refractivity contribution in [2.75, 3.05) is 13.2 Å². The molecule has 0 heterocycles. The number of ether oxygens (including phenoxy) is 3. The molecule has 0 saturated heterocycles. The average Bonchev–Trinajstić information content (AvgIpc) is 3.37. The van der Waals surface area contributed by atoms with Gasteiger partial charge in [-0.05, 0) is 57.8 Å². The summed E-state index contributed by atoms with van der Waals surface area (Å²) in [6.07, 6.45) is 76.2. The predicted molar refractivity (Wildman–Crippen MR) is 307 cm³/mol. The van der Waals surface area contributed by atoms with E-state index in [2.05, 4.69) is 87.6 Å². The van der Waals surface area contributed by atoms with Gasteiger partial charge in [0.05, 0.1) is 0 Å². The lowest BCUT2D eigenvalue weighted by atomic mass is 10.0. The molecule has 0 radical (unpaired) electrons. The van der Waals surface area contributed by atoms with Gasteiger partial charge in [0.15, 0.2) is 6.10 Å². The summed E-state index contributed by atoms with van der Waals surface area (Å²) < 4.78 is 16.8. The van der Waals surface area contributed by atoms with Crippen LogP contribution in [0.1, 0.15) is 303 Å². The third-order valence-electron chi connectivity index (χ3n) is 13.2. The van der Waals surface area contributed by atoms with Crippen LogP contribution in [0, 0.1) is 0 Å². The smallest absolute Gasteiger partial charge is 0.306 e.